The number of hydrogen-bond donors (Lipinski definition) is 2. The summed E-state index contributed by atoms with van der Waals surface area (Å²) in [5.74, 6) is 0. The highest BCUT2D eigenvalue weighted by atomic mass is 32.2. The number of nitrogens with one attached hydrogen (secondary N) is 1. The first-order valence-corrected chi connectivity index (χ1v) is 8.12. The van der Waals surface area contributed by atoms with Gasteiger partial charge in [-0.2, -0.15) is 0 Å². The number of H-pyrrole nitrogens is 1. The highest BCUT2D eigenvalue weighted by molar-refractivity contribution is 7.91. The van der Waals surface area contributed by atoms with Crippen LogP contribution >= 0.6 is 0 Å². The summed E-state index contributed by atoms with van der Waals surface area (Å²) in [7, 11) is -3.55. The van der Waals surface area contributed by atoms with Crippen LogP contribution in [0.4, 0.5) is 0 Å². The largest absolute Gasteiger partial charge is 0.396 e. The first-order chi connectivity index (χ1) is 10.1. The zero-order chi connectivity index (χ0) is 14.9. The Morgan fingerprint density at radius 3 is 2.52 bits per heavy atom. The van der Waals surface area contributed by atoms with E-state index in [0.717, 1.165) is 11.1 Å². The first-order valence-electron chi connectivity index (χ1n) is 6.64. The molecule has 2 aromatic carbocycles. The summed E-state index contributed by atoms with van der Waals surface area (Å²) in [5, 5.41) is 9.68. The Kier molecular flexibility index (Phi) is 3.53. The van der Waals surface area contributed by atoms with Crippen molar-refractivity contribution in [3.63, 3.8) is 0 Å². The van der Waals surface area contributed by atoms with E-state index in [9.17, 15) is 8.42 Å². The maximum atomic E-state index is 12.7. The van der Waals surface area contributed by atoms with E-state index >= 15 is 0 Å². The summed E-state index contributed by atoms with van der Waals surface area (Å²) in [4.78, 5) is 3.54. The van der Waals surface area contributed by atoms with Crippen molar-refractivity contribution >= 4 is 20.7 Å². The van der Waals surface area contributed by atoms with Crippen molar-refractivity contribution in [1.82, 2.24) is 4.98 Å². The summed E-state index contributed by atoms with van der Waals surface area (Å²) in [6.07, 6.45) is 2.03. The monoisotopic (exact) mass is 301 g/mol. The van der Waals surface area contributed by atoms with Gasteiger partial charge < -0.3 is 10.1 Å². The zero-order valence-electron chi connectivity index (χ0n) is 11.3. The molecule has 5 heteroatoms. The van der Waals surface area contributed by atoms with E-state index in [0.29, 0.717) is 11.8 Å². The van der Waals surface area contributed by atoms with E-state index in [2.05, 4.69) is 4.98 Å². The Morgan fingerprint density at radius 2 is 1.81 bits per heavy atom. The number of aliphatic hydroxyl groups excluding tert-OH is 1. The summed E-state index contributed by atoms with van der Waals surface area (Å²) < 4.78 is 25.4. The summed E-state index contributed by atoms with van der Waals surface area (Å²) in [5.41, 5.74) is 1.68. The van der Waals surface area contributed by atoms with E-state index in [1.807, 2.05) is 18.2 Å². The Morgan fingerprint density at radius 1 is 1.05 bits per heavy atom. The normalized spacial score (nSPS) is 11.9. The fourth-order valence-corrected chi connectivity index (χ4v) is 3.82. The molecule has 4 nitrogen and oxygen atoms in total. The molecular formula is C16H15NO3S. The minimum Gasteiger partial charge on any atom is -0.396 e. The molecule has 0 radical (unpaired) electrons. The number of fused-ring (bicyclic) bond motifs is 1. The van der Waals surface area contributed by atoms with E-state index in [1.165, 1.54) is 6.20 Å². The molecule has 108 valence electrons. The van der Waals surface area contributed by atoms with Crippen LogP contribution in [-0.4, -0.2) is 25.1 Å². The maximum absolute atomic E-state index is 12.7. The van der Waals surface area contributed by atoms with Gasteiger partial charge in [0.15, 0.2) is 0 Å². The molecular weight excluding hydrogens is 286 g/mol. The summed E-state index contributed by atoms with van der Waals surface area (Å²) in [6.45, 7) is 0.0384. The SMILES string of the molecule is O=S(=O)(c1ccccc1)c1c[nH]c2ccc(CCO)cc12. The maximum Gasteiger partial charge on any atom is 0.208 e. The molecule has 0 aliphatic heterocycles. The second kappa shape index (κ2) is 5.35. The minimum atomic E-state index is -3.55. The number of benzene rings is 2. The van der Waals surface area contributed by atoms with Crippen LogP contribution in [0.2, 0.25) is 0 Å². The van der Waals surface area contributed by atoms with E-state index in [4.69, 9.17) is 5.11 Å². The number of aliphatic hydroxyl groups is 1. The van der Waals surface area contributed by atoms with Gasteiger partial charge in [0.05, 0.1) is 9.79 Å². The Labute approximate surface area is 123 Å². The molecule has 0 bridgehead atoms. The number of hydrogen-bond acceptors (Lipinski definition) is 3. The summed E-state index contributed by atoms with van der Waals surface area (Å²) >= 11 is 0. The van der Waals surface area contributed by atoms with Gasteiger partial charge in [-0.05, 0) is 36.2 Å². The average molecular weight is 301 g/mol. The van der Waals surface area contributed by atoms with Crippen LogP contribution in [0.1, 0.15) is 5.56 Å². The van der Waals surface area contributed by atoms with E-state index in [1.54, 1.807) is 30.3 Å². The molecule has 0 saturated heterocycles. The highest BCUT2D eigenvalue weighted by Crippen LogP contribution is 2.28. The smallest absolute Gasteiger partial charge is 0.208 e. The van der Waals surface area contributed by atoms with Crippen LogP contribution in [0.5, 0.6) is 0 Å². The Balaban J connectivity index is 2.18. The van der Waals surface area contributed by atoms with Crippen LogP contribution < -0.4 is 0 Å². The number of rotatable bonds is 4. The van der Waals surface area contributed by atoms with Gasteiger partial charge in [-0.15, -0.1) is 0 Å². The number of sulfone groups is 1. The molecule has 0 unspecified atom stereocenters. The van der Waals surface area contributed by atoms with Gasteiger partial charge in [-0.25, -0.2) is 8.42 Å². The Bertz CT molecular complexity index is 867. The number of aromatic amines is 1. The first kappa shape index (κ1) is 13.9. The Hall–Kier alpha value is -2.11. The lowest BCUT2D eigenvalue weighted by Crippen LogP contribution is -2.01. The molecule has 3 aromatic rings. The average Bonchev–Trinajstić information content (AvgIpc) is 2.92. The van der Waals surface area contributed by atoms with Gasteiger partial charge in [-0.1, -0.05) is 24.3 Å². The molecule has 0 atom stereocenters. The van der Waals surface area contributed by atoms with Crippen molar-refractivity contribution in [2.24, 2.45) is 0 Å². The lowest BCUT2D eigenvalue weighted by atomic mass is 10.1. The molecule has 3 rings (SSSR count). The van der Waals surface area contributed by atoms with Gasteiger partial charge in [0.1, 0.15) is 0 Å². The van der Waals surface area contributed by atoms with Gasteiger partial charge in [0.25, 0.3) is 0 Å². The molecule has 21 heavy (non-hydrogen) atoms. The highest BCUT2D eigenvalue weighted by Gasteiger charge is 2.21. The fraction of sp³-hybridized carbons (Fsp3) is 0.125. The van der Waals surface area contributed by atoms with Crippen molar-refractivity contribution in [2.75, 3.05) is 6.61 Å². The quantitative estimate of drug-likeness (QED) is 0.778. The van der Waals surface area contributed by atoms with Crippen LogP contribution in [0.3, 0.4) is 0 Å². The molecule has 0 amide bonds. The van der Waals surface area contributed by atoms with E-state index in [-0.39, 0.29) is 16.4 Å². The molecule has 0 spiro atoms. The third-order valence-electron chi connectivity index (χ3n) is 3.45. The standard InChI is InChI=1S/C16H15NO3S/c18-9-8-12-6-7-15-14(10-12)16(11-17-15)21(19,20)13-4-2-1-3-5-13/h1-7,10-11,17-18H,8-9H2. The van der Waals surface area contributed by atoms with Crippen molar-refractivity contribution in [2.45, 2.75) is 16.2 Å². The minimum absolute atomic E-state index is 0.0384. The second-order valence-electron chi connectivity index (χ2n) is 4.82. The van der Waals surface area contributed by atoms with E-state index < -0.39 is 9.84 Å². The van der Waals surface area contributed by atoms with Crippen molar-refractivity contribution in [3.8, 4) is 0 Å². The third-order valence-corrected chi connectivity index (χ3v) is 5.26. The van der Waals surface area contributed by atoms with Crippen molar-refractivity contribution < 1.29 is 13.5 Å². The van der Waals surface area contributed by atoms with Gasteiger partial charge in [-0.3, -0.25) is 0 Å². The second-order valence-corrected chi connectivity index (χ2v) is 6.74. The predicted octanol–water partition coefficient (Wildman–Crippen LogP) is 2.54. The lowest BCUT2D eigenvalue weighted by Gasteiger charge is -2.04. The van der Waals surface area contributed by atoms with Crippen molar-refractivity contribution in [1.29, 1.82) is 0 Å². The molecule has 1 aromatic heterocycles. The number of aromatic nitrogens is 1. The summed E-state index contributed by atoms with van der Waals surface area (Å²) in [6, 6.07) is 13.9. The molecule has 0 aliphatic rings. The van der Waals surface area contributed by atoms with Gasteiger partial charge in [0, 0.05) is 23.7 Å². The van der Waals surface area contributed by atoms with Crippen LogP contribution in [0, 0.1) is 0 Å². The lowest BCUT2D eigenvalue weighted by molar-refractivity contribution is 0.299. The fourth-order valence-electron chi connectivity index (χ4n) is 2.38. The van der Waals surface area contributed by atoms with Crippen molar-refractivity contribution in [3.05, 3.63) is 60.3 Å². The molecule has 0 saturated carbocycles. The molecule has 0 aliphatic carbocycles. The topological polar surface area (TPSA) is 70.2 Å². The third kappa shape index (κ3) is 2.46. The van der Waals surface area contributed by atoms with Gasteiger partial charge >= 0.3 is 0 Å². The molecule has 1 heterocycles. The van der Waals surface area contributed by atoms with Crippen LogP contribution in [-0.2, 0) is 16.3 Å². The van der Waals surface area contributed by atoms with Crippen LogP contribution in [0.15, 0.2) is 64.5 Å². The predicted molar refractivity (Wildman–Crippen MR) is 81.0 cm³/mol. The van der Waals surface area contributed by atoms with Gasteiger partial charge in [0.2, 0.25) is 9.84 Å². The van der Waals surface area contributed by atoms with Crippen LogP contribution in [0.25, 0.3) is 10.9 Å². The molecule has 2 N–H and O–H groups in total. The molecule has 0 fully saturated rings. The zero-order valence-corrected chi connectivity index (χ0v) is 12.1.